The molecule has 0 saturated carbocycles. The van der Waals surface area contributed by atoms with Crippen LogP contribution in [0.15, 0.2) is 53.7 Å². The van der Waals surface area contributed by atoms with E-state index in [-0.39, 0.29) is 23.9 Å². The molecule has 0 radical (unpaired) electrons. The van der Waals surface area contributed by atoms with E-state index in [0.717, 1.165) is 5.56 Å². The van der Waals surface area contributed by atoms with Crippen LogP contribution in [0.2, 0.25) is 0 Å². The summed E-state index contributed by atoms with van der Waals surface area (Å²) in [5, 5.41) is 0.579. The normalized spacial score (nSPS) is 16.0. The molecule has 2 aromatic heterocycles. The highest BCUT2D eigenvalue weighted by Crippen LogP contribution is 2.25. The number of fused-ring (bicyclic) bond motifs is 1. The number of rotatable bonds is 3. The predicted molar refractivity (Wildman–Crippen MR) is 102 cm³/mol. The van der Waals surface area contributed by atoms with E-state index >= 15 is 0 Å². The van der Waals surface area contributed by atoms with Crippen LogP contribution in [0.3, 0.4) is 0 Å². The summed E-state index contributed by atoms with van der Waals surface area (Å²) in [4.78, 5) is 21.6. The molecule has 8 heteroatoms. The summed E-state index contributed by atoms with van der Waals surface area (Å²) in [5.74, 6) is -0.0663. The predicted octanol–water partition coefficient (Wildman–Crippen LogP) is 2.02. The first-order valence-corrected chi connectivity index (χ1v) is 10.2. The van der Waals surface area contributed by atoms with Gasteiger partial charge in [0.1, 0.15) is 10.5 Å². The number of hydrogen-bond acceptors (Lipinski definition) is 4. The molecule has 1 aromatic carbocycles. The fourth-order valence-electron chi connectivity index (χ4n) is 3.29. The average molecular weight is 384 g/mol. The van der Waals surface area contributed by atoms with Crippen LogP contribution in [0, 0.1) is 6.92 Å². The molecule has 140 valence electrons. The molecule has 4 rings (SSSR count). The third-order valence-corrected chi connectivity index (χ3v) is 6.79. The van der Waals surface area contributed by atoms with Crippen molar-refractivity contribution in [3.8, 4) is 0 Å². The van der Waals surface area contributed by atoms with Crippen LogP contribution in [0.25, 0.3) is 11.0 Å². The van der Waals surface area contributed by atoms with Crippen molar-refractivity contribution in [3.05, 3.63) is 59.9 Å². The molecule has 1 N–H and O–H groups in total. The van der Waals surface area contributed by atoms with E-state index < -0.39 is 10.0 Å². The standard InChI is InChI=1S/C19H20N4O3S/c1-14-4-6-15(7-5-14)19(24)22-9-11-23(12-10-22)27(25,26)17-13-21-18-16(17)3-2-8-20-18/h2-8,13H,9-12H2,1H3,(H,20,21). The smallest absolute Gasteiger partial charge is 0.253 e. The zero-order valence-corrected chi connectivity index (χ0v) is 15.7. The first kappa shape index (κ1) is 17.7. The maximum atomic E-state index is 13.0. The zero-order valence-electron chi connectivity index (χ0n) is 14.9. The van der Waals surface area contributed by atoms with Crippen molar-refractivity contribution >= 4 is 27.0 Å². The number of amides is 1. The van der Waals surface area contributed by atoms with Crippen LogP contribution in [-0.4, -0.2) is 59.7 Å². The lowest BCUT2D eigenvalue weighted by molar-refractivity contribution is 0.0698. The van der Waals surface area contributed by atoms with Gasteiger partial charge in [-0.25, -0.2) is 13.4 Å². The zero-order chi connectivity index (χ0) is 19.0. The summed E-state index contributed by atoms with van der Waals surface area (Å²) in [5.41, 5.74) is 2.26. The molecule has 0 unspecified atom stereocenters. The third kappa shape index (κ3) is 3.22. The molecule has 1 aliphatic rings. The van der Waals surface area contributed by atoms with E-state index in [1.54, 1.807) is 35.4 Å². The van der Waals surface area contributed by atoms with Crippen LogP contribution in [0.4, 0.5) is 0 Å². The molecular formula is C19H20N4O3S. The summed E-state index contributed by atoms with van der Waals surface area (Å²) in [6.07, 6.45) is 3.10. The molecule has 7 nitrogen and oxygen atoms in total. The van der Waals surface area contributed by atoms with Gasteiger partial charge in [-0.05, 0) is 31.2 Å². The lowest BCUT2D eigenvalue weighted by atomic mass is 10.1. The van der Waals surface area contributed by atoms with E-state index in [0.29, 0.717) is 29.7 Å². The van der Waals surface area contributed by atoms with Gasteiger partial charge in [-0.1, -0.05) is 17.7 Å². The highest BCUT2D eigenvalue weighted by atomic mass is 32.2. The second-order valence-electron chi connectivity index (χ2n) is 6.61. The SMILES string of the molecule is Cc1ccc(C(=O)N2CCN(S(=O)(=O)c3c[nH]c4ncccc34)CC2)cc1. The number of carbonyl (C=O) groups excluding carboxylic acids is 1. The van der Waals surface area contributed by atoms with Crippen LogP contribution in [0.1, 0.15) is 15.9 Å². The van der Waals surface area contributed by atoms with Gasteiger partial charge in [0.15, 0.2) is 0 Å². The van der Waals surface area contributed by atoms with E-state index in [9.17, 15) is 13.2 Å². The van der Waals surface area contributed by atoms with Crippen LogP contribution in [0.5, 0.6) is 0 Å². The Kier molecular flexibility index (Phi) is 4.45. The Balaban J connectivity index is 1.50. The van der Waals surface area contributed by atoms with Crippen molar-refractivity contribution in [2.45, 2.75) is 11.8 Å². The maximum absolute atomic E-state index is 13.0. The Hall–Kier alpha value is -2.71. The van der Waals surface area contributed by atoms with Gasteiger partial charge in [-0.3, -0.25) is 4.79 Å². The number of piperazine rings is 1. The van der Waals surface area contributed by atoms with Crippen molar-refractivity contribution in [1.29, 1.82) is 0 Å². The first-order chi connectivity index (χ1) is 13.0. The van der Waals surface area contributed by atoms with E-state index in [2.05, 4.69) is 9.97 Å². The highest BCUT2D eigenvalue weighted by molar-refractivity contribution is 7.89. The van der Waals surface area contributed by atoms with Crippen molar-refractivity contribution in [3.63, 3.8) is 0 Å². The third-order valence-electron chi connectivity index (χ3n) is 4.86. The van der Waals surface area contributed by atoms with Gasteiger partial charge >= 0.3 is 0 Å². The number of sulfonamides is 1. The van der Waals surface area contributed by atoms with Gasteiger partial charge in [0.25, 0.3) is 5.91 Å². The molecule has 1 amide bonds. The first-order valence-electron chi connectivity index (χ1n) is 8.75. The Morgan fingerprint density at radius 3 is 2.48 bits per heavy atom. The minimum absolute atomic E-state index is 0.0663. The van der Waals surface area contributed by atoms with E-state index in [4.69, 9.17) is 0 Å². The van der Waals surface area contributed by atoms with E-state index in [1.165, 1.54) is 10.5 Å². The Labute approximate surface area is 157 Å². The molecule has 0 bridgehead atoms. The van der Waals surface area contributed by atoms with Crippen LogP contribution >= 0.6 is 0 Å². The van der Waals surface area contributed by atoms with Gasteiger partial charge < -0.3 is 9.88 Å². The molecular weight excluding hydrogens is 364 g/mol. The molecule has 1 saturated heterocycles. The van der Waals surface area contributed by atoms with Crippen molar-refractivity contribution in [1.82, 2.24) is 19.2 Å². The number of H-pyrrole nitrogens is 1. The minimum Gasteiger partial charge on any atom is -0.345 e. The molecule has 0 atom stereocenters. The average Bonchev–Trinajstić information content (AvgIpc) is 3.13. The number of aromatic amines is 1. The molecule has 3 heterocycles. The van der Waals surface area contributed by atoms with Gasteiger partial charge in [-0.15, -0.1) is 0 Å². The number of nitrogens with one attached hydrogen (secondary N) is 1. The monoisotopic (exact) mass is 384 g/mol. The second-order valence-corrected chi connectivity index (χ2v) is 8.52. The lowest BCUT2D eigenvalue weighted by Gasteiger charge is -2.34. The Morgan fingerprint density at radius 2 is 1.78 bits per heavy atom. The number of nitrogens with zero attached hydrogens (tertiary/aromatic N) is 3. The van der Waals surface area contributed by atoms with Crippen LogP contribution < -0.4 is 0 Å². The summed E-state index contributed by atoms with van der Waals surface area (Å²) >= 11 is 0. The van der Waals surface area contributed by atoms with Gasteiger partial charge in [0, 0.05) is 49.5 Å². The number of aryl methyl sites for hydroxylation is 1. The Bertz CT molecular complexity index is 1080. The fraction of sp³-hybridized carbons (Fsp3) is 0.263. The fourth-order valence-corrected chi connectivity index (χ4v) is 4.87. The number of pyridine rings is 1. The summed E-state index contributed by atoms with van der Waals surface area (Å²) in [6, 6.07) is 10.9. The summed E-state index contributed by atoms with van der Waals surface area (Å²) in [7, 11) is -3.64. The van der Waals surface area contributed by atoms with Crippen molar-refractivity contribution in [2.75, 3.05) is 26.2 Å². The molecule has 3 aromatic rings. The lowest BCUT2D eigenvalue weighted by Crippen LogP contribution is -2.50. The molecule has 0 aliphatic carbocycles. The Morgan fingerprint density at radius 1 is 1.07 bits per heavy atom. The van der Waals surface area contributed by atoms with Crippen molar-refractivity contribution < 1.29 is 13.2 Å². The summed E-state index contributed by atoms with van der Waals surface area (Å²) < 4.78 is 27.5. The maximum Gasteiger partial charge on any atom is 0.253 e. The largest absolute Gasteiger partial charge is 0.345 e. The summed E-state index contributed by atoms with van der Waals surface area (Å²) in [6.45, 7) is 3.25. The molecule has 27 heavy (non-hydrogen) atoms. The van der Waals surface area contributed by atoms with Gasteiger partial charge in [-0.2, -0.15) is 4.31 Å². The van der Waals surface area contributed by atoms with Gasteiger partial charge in [0.05, 0.1) is 0 Å². The topological polar surface area (TPSA) is 86.4 Å². The second kappa shape index (κ2) is 6.79. The highest BCUT2D eigenvalue weighted by Gasteiger charge is 2.32. The molecule has 1 aliphatic heterocycles. The van der Waals surface area contributed by atoms with Crippen LogP contribution in [-0.2, 0) is 10.0 Å². The number of aromatic nitrogens is 2. The molecule has 0 spiro atoms. The van der Waals surface area contributed by atoms with Crippen molar-refractivity contribution in [2.24, 2.45) is 0 Å². The number of hydrogen-bond donors (Lipinski definition) is 1. The quantitative estimate of drug-likeness (QED) is 0.748. The van der Waals surface area contributed by atoms with E-state index in [1.807, 2.05) is 19.1 Å². The molecule has 1 fully saturated rings. The number of carbonyl (C=O) groups is 1. The number of benzene rings is 1. The van der Waals surface area contributed by atoms with Gasteiger partial charge in [0.2, 0.25) is 10.0 Å². The minimum atomic E-state index is -3.64.